The summed E-state index contributed by atoms with van der Waals surface area (Å²) in [6.07, 6.45) is 2.66. The molecule has 0 unspecified atom stereocenters. The molecule has 1 rings (SSSR count). The lowest BCUT2D eigenvalue weighted by Gasteiger charge is -2.16. The van der Waals surface area contributed by atoms with Crippen molar-refractivity contribution in [2.45, 2.75) is 26.8 Å². The van der Waals surface area contributed by atoms with Gasteiger partial charge >= 0.3 is 0 Å². The lowest BCUT2D eigenvalue weighted by molar-refractivity contribution is 0.163. The lowest BCUT2D eigenvalue weighted by atomic mass is 10.4. The van der Waals surface area contributed by atoms with Crippen LogP contribution in [-0.4, -0.2) is 79.1 Å². The average Bonchev–Trinajstić information content (AvgIpc) is 3.00. The fraction of sp³-hybridized carbons (Fsp3) is 0.800. The maximum Gasteiger partial charge on any atom is 0.191 e. The summed E-state index contributed by atoms with van der Waals surface area (Å²) >= 11 is 0. The Morgan fingerprint density at radius 1 is 1.33 bits per heavy atom. The number of aryl methyl sites for hydroxylation is 1. The molecule has 140 valence electrons. The highest BCUT2D eigenvalue weighted by molar-refractivity contribution is 14.0. The van der Waals surface area contributed by atoms with Gasteiger partial charge in [0.15, 0.2) is 5.96 Å². The average molecular weight is 453 g/mol. The molecule has 0 bridgehead atoms. The van der Waals surface area contributed by atoms with Crippen molar-refractivity contribution in [2.75, 3.05) is 53.5 Å². The molecule has 24 heavy (non-hydrogen) atoms. The van der Waals surface area contributed by atoms with E-state index in [0.29, 0.717) is 0 Å². The number of nitrogens with zero attached hydrogens (tertiary/aromatic N) is 5. The Morgan fingerprint density at radius 3 is 2.79 bits per heavy atom. The van der Waals surface area contributed by atoms with Crippen LogP contribution in [0.1, 0.15) is 19.7 Å². The molecule has 0 fully saturated rings. The quantitative estimate of drug-likeness (QED) is 0.290. The van der Waals surface area contributed by atoms with Crippen molar-refractivity contribution >= 4 is 29.9 Å². The molecule has 0 aliphatic rings. The molecule has 1 heterocycles. The van der Waals surface area contributed by atoms with Crippen LogP contribution in [-0.2, 0) is 17.7 Å². The van der Waals surface area contributed by atoms with Gasteiger partial charge in [0, 0.05) is 46.3 Å². The number of nitrogens with one attached hydrogen (secondary N) is 2. The summed E-state index contributed by atoms with van der Waals surface area (Å²) in [6.45, 7) is 9.94. The Morgan fingerprint density at radius 2 is 2.12 bits per heavy atom. The number of guanidine groups is 1. The van der Waals surface area contributed by atoms with E-state index in [1.54, 1.807) is 13.4 Å². The predicted octanol–water partition coefficient (Wildman–Crippen LogP) is 0.592. The number of halogens is 1. The van der Waals surface area contributed by atoms with Crippen LogP contribution in [0.5, 0.6) is 0 Å². The molecule has 2 N–H and O–H groups in total. The third-order valence-corrected chi connectivity index (χ3v) is 3.43. The van der Waals surface area contributed by atoms with E-state index in [1.807, 2.05) is 0 Å². The molecule has 1 aromatic heterocycles. The van der Waals surface area contributed by atoms with Gasteiger partial charge in [0.25, 0.3) is 0 Å². The number of rotatable bonds is 11. The number of hydrogen-bond acceptors (Lipinski definition) is 5. The summed E-state index contributed by atoms with van der Waals surface area (Å²) < 4.78 is 7.14. The minimum Gasteiger partial charge on any atom is -0.383 e. The van der Waals surface area contributed by atoms with Crippen LogP contribution in [0.15, 0.2) is 11.3 Å². The van der Waals surface area contributed by atoms with Gasteiger partial charge in [-0.05, 0) is 14.0 Å². The third kappa shape index (κ3) is 9.38. The first-order valence-corrected chi connectivity index (χ1v) is 8.27. The van der Waals surface area contributed by atoms with E-state index in [0.717, 1.165) is 64.1 Å². The van der Waals surface area contributed by atoms with Crippen molar-refractivity contribution in [2.24, 2.45) is 4.99 Å². The molecule has 1 aromatic rings. The highest BCUT2D eigenvalue weighted by Gasteiger charge is 2.02. The molecule has 8 nitrogen and oxygen atoms in total. The van der Waals surface area contributed by atoms with E-state index in [9.17, 15) is 0 Å². The molecule has 9 heteroatoms. The van der Waals surface area contributed by atoms with Gasteiger partial charge in [-0.2, -0.15) is 0 Å². The van der Waals surface area contributed by atoms with E-state index < -0.39 is 0 Å². The lowest BCUT2D eigenvalue weighted by Crippen LogP contribution is -2.39. The predicted molar refractivity (Wildman–Crippen MR) is 108 cm³/mol. The molecule has 0 aliphatic carbocycles. The van der Waals surface area contributed by atoms with Crippen LogP contribution in [0.25, 0.3) is 0 Å². The van der Waals surface area contributed by atoms with E-state index in [1.165, 1.54) is 0 Å². The van der Waals surface area contributed by atoms with Gasteiger partial charge in [-0.3, -0.25) is 4.99 Å². The maximum atomic E-state index is 5.07. The molecular formula is C15H32IN7O. The highest BCUT2D eigenvalue weighted by Crippen LogP contribution is 1.94. The van der Waals surface area contributed by atoms with Crippen molar-refractivity contribution < 1.29 is 4.74 Å². The fourth-order valence-electron chi connectivity index (χ4n) is 2.07. The first-order valence-electron chi connectivity index (χ1n) is 8.27. The minimum absolute atomic E-state index is 0. The Labute approximate surface area is 162 Å². The van der Waals surface area contributed by atoms with E-state index in [4.69, 9.17) is 4.74 Å². The van der Waals surface area contributed by atoms with Crippen molar-refractivity contribution in [1.82, 2.24) is 30.3 Å². The number of aromatic nitrogens is 3. The zero-order chi connectivity index (χ0) is 16.9. The van der Waals surface area contributed by atoms with Crippen molar-refractivity contribution in [3.8, 4) is 0 Å². The Kier molecular flexibility index (Phi) is 13.8. The van der Waals surface area contributed by atoms with Crippen LogP contribution in [0.2, 0.25) is 0 Å². The van der Waals surface area contributed by atoms with Crippen LogP contribution in [0, 0.1) is 0 Å². The Hall–Kier alpha value is -0.940. The van der Waals surface area contributed by atoms with E-state index in [-0.39, 0.29) is 24.0 Å². The SMILES string of the molecule is CCNC(=NCCN(C)CCOC)NCCn1cnnc1CC.I. The molecule has 0 radical (unpaired) electrons. The first kappa shape index (κ1) is 23.1. The zero-order valence-corrected chi connectivity index (χ0v) is 17.6. The summed E-state index contributed by atoms with van der Waals surface area (Å²) in [5, 5.41) is 14.6. The number of methoxy groups -OCH3 is 1. The smallest absolute Gasteiger partial charge is 0.191 e. The molecule has 0 spiro atoms. The number of likely N-dealkylation sites (N-methyl/N-ethyl adjacent to an activating group) is 1. The highest BCUT2D eigenvalue weighted by atomic mass is 127. The normalized spacial score (nSPS) is 11.5. The minimum atomic E-state index is 0. The number of ether oxygens (including phenoxy) is 1. The van der Waals surface area contributed by atoms with Crippen LogP contribution >= 0.6 is 24.0 Å². The standard InChI is InChI=1S/C15H31N7O.HI/c1-5-14-20-19-13-22(14)10-8-18-15(16-6-2)17-7-9-21(3)11-12-23-4;/h13H,5-12H2,1-4H3,(H2,16,17,18);1H. The largest absolute Gasteiger partial charge is 0.383 e. The van der Waals surface area contributed by atoms with Gasteiger partial charge in [-0.15, -0.1) is 34.2 Å². The number of aliphatic imine (C=N–C) groups is 1. The van der Waals surface area contributed by atoms with Crippen molar-refractivity contribution in [3.63, 3.8) is 0 Å². The maximum absolute atomic E-state index is 5.07. The molecule has 0 atom stereocenters. The summed E-state index contributed by atoms with van der Waals surface area (Å²) in [6, 6.07) is 0. The van der Waals surface area contributed by atoms with Gasteiger partial charge in [0.2, 0.25) is 0 Å². The van der Waals surface area contributed by atoms with Crippen LogP contribution in [0.4, 0.5) is 0 Å². The first-order chi connectivity index (χ1) is 11.2. The van der Waals surface area contributed by atoms with Gasteiger partial charge in [-0.1, -0.05) is 6.92 Å². The molecular weight excluding hydrogens is 421 g/mol. The number of hydrogen-bond donors (Lipinski definition) is 2. The van der Waals surface area contributed by atoms with E-state index >= 15 is 0 Å². The molecule has 0 saturated heterocycles. The summed E-state index contributed by atoms with van der Waals surface area (Å²) in [7, 11) is 3.80. The third-order valence-electron chi connectivity index (χ3n) is 3.43. The Bertz CT molecular complexity index is 453. The van der Waals surface area contributed by atoms with Gasteiger partial charge in [0.1, 0.15) is 12.2 Å². The van der Waals surface area contributed by atoms with Crippen LogP contribution < -0.4 is 10.6 Å². The van der Waals surface area contributed by atoms with Gasteiger partial charge in [-0.25, -0.2) is 0 Å². The molecule has 0 aliphatic heterocycles. The fourth-order valence-corrected chi connectivity index (χ4v) is 2.07. The molecule has 0 aromatic carbocycles. The van der Waals surface area contributed by atoms with Crippen molar-refractivity contribution in [1.29, 1.82) is 0 Å². The molecule has 0 saturated carbocycles. The summed E-state index contributed by atoms with van der Waals surface area (Å²) in [4.78, 5) is 6.80. The second-order valence-corrected chi connectivity index (χ2v) is 5.28. The second kappa shape index (κ2) is 14.4. The van der Waals surface area contributed by atoms with Gasteiger partial charge < -0.3 is 24.8 Å². The van der Waals surface area contributed by atoms with Gasteiger partial charge in [0.05, 0.1) is 13.2 Å². The second-order valence-electron chi connectivity index (χ2n) is 5.28. The van der Waals surface area contributed by atoms with E-state index in [2.05, 4.69) is 56.2 Å². The summed E-state index contributed by atoms with van der Waals surface area (Å²) in [5.74, 6) is 1.85. The molecule has 0 amide bonds. The summed E-state index contributed by atoms with van der Waals surface area (Å²) in [5.41, 5.74) is 0. The van der Waals surface area contributed by atoms with Crippen molar-refractivity contribution in [3.05, 3.63) is 12.2 Å². The van der Waals surface area contributed by atoms with Crippen LogP contribution in [0.3, 0.4) is 0 Å². The monoisotopic (exact) mass is 453 g/mol. The zero-order valence-electron chi connectivity index (χ0n) is 15.3. The Balaban J connectivity index is 0.00000529. The topological polar surface area (TPSA) is 79.6 Å².